The van der Waals surface area contributed by atoms with Crippen molar-refractivity contribution in [3.8, 4) is 0 Å². The minimum atomic E-state index is -3.63. The van der Waals surface area contributed by atoms with Crippen LogP contribution in [0.1, 0.15) is 20.7 Å². The Bertz CT molecular complexity index is 769. The molecule has 0 bridgehead atoms. The molecule has 8 nitrogen and oxygen atoms in total. The van der Waals surface area contributed by atoms with Crippen LogP contribution in [0.5, 0.6) is 0 Å². The molecular weight excluding hydrogens is 312 g/mol. The van der Waals surface area contributed by atoms with Gasteiger partial charge in [-0.1, -0.05) is 23.9 Å². The molecule has 0 spiro atoms. The van der Waals surface area contributed by atoms with Crippen molar-refractivity contribution >= 4 is 23.3 Å². The van der Waals surface area contributed by atoms with Crippen LogP contribution in [-0.4, -0.2) is 53.5 Å². The van der Waals surface area contributed by atoms with Gasteiger partial charge in [-0.25, -0.2) is 4.98 Å². The van der Waals surface area contributed by atoms with E-state index in [1.807, 2.05) is 0 Å². The fourth-order valence-corrected chi connectivity index (χ4v) is 3.03. The first kappa shape index (κ1) is 14.9. The largest absolute Gasteiger partial charge is 0.355 e. The average Bonchev–Trinajstić information content (AvgIpc) is 2.97. The smallest absolute Gasteiger partial charge is 0.292 e. The zero-order chi connectivity index (χ0) is 16.1. The van der Waals surface area contributed by atoms with Gasteiger partial charge in [0.15, 0.2) is 5.16 Å². The van der Waals surface area contributed by atoms with E-state index >= 15 is 0 Å². The highest BCUT2D eigenvalue weighted by Gasteiger charge is 2.63. The molecule has 5 N–H and O–H groups in total. The van der Waals surface area contributed by atoms with Crippen LogP contribution in [0.3, 0.4) is 0 Å². The number of ketones is 2. The molecule has 22 heavy (non-hydrogen) atoms. The Morgan fingerprint density at radius 1 is 1.05 bits per heavy atom. The van der Waals surface area contributed by atoms with Gasteiger partial charge in [-0.2, -0.15) is 0 Å². The van der Waals surface area contributed by atoms with Crippen LogP contribution in [0, 0.1) is 0 Å². The van der Waals surface area contributed by atoms with Gasteiger partial charge in [0.05, 0.1) is 0 Å². The topological polar surface area (TPSA) is 144 Å². The second-order valence-electron chi connectivity index (χ2n) is 4.68. The number of aliphatic hydroxyl groups is 4. The summed E-state index contributed by atoms with van der Waals surface area (Å²) in [5.74, 6) is -9.97. The maximum absolute atomic E-state index is 12.2. The molecule has 0 fully saturated rings. The number of H-pyrrole nitrogens is 1. The van der Waals surface area contributed by atoms with E-state index in [2.05, 4.69) is 9.97 Å². The lowest BCUT2D eigenvalue weighted by atomic mass is 9.80. The first-order valence-corrected chi connectivity index (χ1v) is 6.88. The van der Waals surface area contributed by atoms with Crippen molar-refractivity contribution in [1.29, 1.82) is 0 Å². The normalized spacial score (nSPS) is 19.1. The molecule has 2 aromatic rings. The number of benzene rings is 1. The van der Waals surface area contributed by atoms with E-state index in [9.17, 15) is 30.0 Å². The van der Waals surface area contributed by atoms with Crippen LogP contribution in [0.4, 0.5) is 0 Å². The molecule has 1 aliphatic rings. The first-order valence-electron chi connectivity index (χ1n) is 6.06. The number of aromatic nitrogens is 2. The number of aromatic amines is 1. The van der Waals surface area contributed by atoms with Crippen molar-refractivity contribution < 1.29 is 30.0 Å². The van der Waals surface area contributed by atoms with Crippen molar-refractivity contribution in [2.75, 3.05) is 0 Å². The van der Waals surface area contributed by atoms with Crippen LogP contribution in [-0.2, 0) is 0 Å². The van der Waals surface area contributed by atoms with E-state index in [1.165, 1.54) is 24.4 Å². The Balaban J connectivity index is 2.19. The summed E-state index contributed by atoms with van der Waals surface area (Å²) < 4.78 is 0. The predicted molar refractivity (Wildman–Crippen MR) is 72.2 cm³/mol. The minimum absolute atomic E-state index is 0.230. The molecule has 0 saturated heterocycles. The van der Waals surface area contributed by atoms with Crippen LogP contribution < -0.4 is 0 Å². The number of hydrogen-bond acceptors (Lipinski definition) is 8. The van der Waals surface area contributed by atoms with E-state index in [-0.39, 0.29) is 16.0 Å². The fourth-order valence-electron chi connectivity index (χ4n) is 2.13. The van der Waals surface area contributed by atoms with Crippen LogP contribution in [0.25, 0.3) is 0 Å². The highest BCUT2D eigenvalue weighted by molar-refractivity contribution is 7.99. The Morgan fingerprint density at radius 3 is 2.36 bits per heavy atom. The van der Waals surface area contributed by atoms with Gasteiger partial charge in [0.1, 0.15) is 0 Å². The van der Waals surface area contributed by atoms with Gasteiger partial charge < -0.3 is 25.4 Å². The van der Waals surface area contributed by atoms with Gasteiger partial charge >= 0.3 is 0 Å². The number of fused-ring (bicyclic) bond motifs is 1. The van der Waals surface area contributed by atoms with Gasteiger partial charge in [0, 0.05) is 28.4 Å². The van der Waals surface area contributed by atoms with Gasteiger partial charge in [-0.05, 0) is 6.07 Å². The van der Waals surface area contributed by atoms with Gasteiger partial charge in [0.2, 0.25) is 11.6 Å². The second kappa shape index (κ2) is 4.73. The molecule has 1 heterocycles. The number of rotatable bonds is 2. The molecule has 114 valence electrons. The van der Waals surface area contributed by atoms with Crippen molar-refractivity contribution in [2.24, 2.45) is 0 Å². The standard InChI is InChI=1S/C13H10N2O6S/c16-9-6-2-1-3-7(22-11-14-4-5-15-11)8(6)10(17)13(20,21)12(9,18)19/h1-5,18-21H,(H,14,15). The molecule has 0 radical (unpaired) electrons. The predicted octanol–water partition coefficient (Wildman–Crippen LogP) is -0.698. The number of nitrogens with zero attached hydrogens (tertiary/aromatic N) is 1. The summed E-state index contributed by atoms with van der Waals surface area (Å²) in [5, 5.41) is 39.0. The third-order valence-corrected chi connectivity index (χ3v) is 4.27. The average molecular weight is 322 g/mol. The zero-order valence-electron chi connectivity index (χ0n) is 10.8. The number of Topliss-reactive ketones (excluding diaryl/α,β-unsaturated/α-hetero) is 2. The molecule has 0 unspecified atom stereocenters. The van der Waals surface area contributed by atoms with Gasteiger partial charge in [-0.3, -0.25) is 9.59 Å². The highest BCUT2D eigenvalue weighted by Crippen LogP contribution is 2.39. The lowest BCUT2D eigenvalue weighted by Gasteiger charge is -2.37. The molecule has 0 atom stereocenters. The monoisotopic (exact) mass is 322 g/mol. The lowest BCUT2D eigenvalue weighted by Crippen LogP contribution is -2.66. The van der Waals surface area contributed by atoms with Crippen molar-refractivity contribution in [3.05, 3.63) is 41.7 Å². The van der Waals surface area contributed by atoms with Crippen molar-refractivity contribution in [3.63, 3.8) is 0 Å². The molecule has 3 rings (SSSR count). The summed E-state index contributed by atoms with van der Waals surface area (Å²) in [6.07, 6.45) is 3.04. The second-order valence-corrected chi connectivity index (χ2v) is 5.71. The zero-order valence-corrected chi connectivity index (χ0v) is 11.7. The number of carbonyl (C=O) groups is 2. The van der Waals surface area contributed by atoms with Crippen molar-refractivity contribution in [2.45, 2.75) is 21.6 Å². The SMILES string of the molecule is O=C1c2cccc(Sc3ncc[nH]3)c2C(=O)C(O)(O)C1(O)O. The molecule has 0 amide bonds. The van der Waals surface area contributed by atoms with Crippen molar-refractivity contribution in [1.82, 2.24) is 9.97 Å². The van der Waals surface area contributed by atoms with E-state index in [4.69, 9.17) is 0 Å². The Hall–Kier alpha value is -2.04. The van der Waals surface area contributed by atoms with Crippen LogP contribution >= 0.6 is 11.8 Å². The fraction of sp³-hybridized carbons (Fsp3) is 0.154. The number of imidazole rings is 1. The van der Waals surface area contributed by atoms with E-state index in [0.717, 1.165) is 11.8 Å². The highest BCUT2D eigenvalue weighted by atomic mass is 32.2. The summed E-state index contributed by atoms with van der Waals surface area (Å²) in [5.41, 5.74) is -0.595. The summed E-state index contributed by atoms with van der Waals surface area (Å²) in [4.78, 5) is 31.3. The Morgan fingerprint density at radius 2 is 1.73 bits per heavy atom. The third kappa shape index (κ3) is 1.91. The third-order valence-electron chi connectivity index (χ3n) is 3.30. The molecule has 0 aliphatic heterocycles. The molecule has 9 heteroatoms. The summed E-state index contributed by atoms with van der Waals surface area (Å²) in [6, 6.07) is 4.13. The van der Waals surface area contributed by atoms with E-state index < -0.39 is 23.1 Å². The minimum Gasteiger partial charge on any atom is -0.355 e. The molecular formula is C13H10N2O6S. The Labute approximate surface area is 127 Å². The Kier molecular flexibility index (Phi) is 3.20. The summed E-state index contributed by atoms with van der Waals surface area (Å²) in [6.45, 7) is 0. The quantitative estimate of drug-likeness (QED) is 0.457. The maximum atomic E-state index is 12.2. The van der Waals surface area contributed by atoms with E-state index in [0.29, 0.717) is 5.16 Å². The summed E-state index contributed by atoms with van der Waals surface area (Å²) in [7, 11) is 0. The van der Waals surface area contributed by atoms with Crippen LogP contribution in [0.2, 0.25) is 0 Å². The van der Waals surface area contributed by atoms with Gasteiger partial charge in [0.25, 0.3) is 11.6 Å². The number of hydrogen-bond donors (Lipinski definition) is 5. The first-order chi connectivity index (χ1) is 10.3. The van der Waals surface area contributed by atoms with Crippen LogP contribution in [0.15, 0.2) is 40.6 Å². The molecule has 1 aliphatic carbocycles. The number of nitrogens with one attached hydrogen (secondary N) is 1. The molecule has 1 aromatic carbocycles. The molecule has 1 aromatic heterocycles. The number of carbonyl (C=O) groups excluding carboxylic acids is 2. The maximum Gasteiger partial charge on any atom is 0.292 e. The lowest BCUT2D eigenvalue weighted by molar-refractivity contribution is -0.299. The molecule has 0 saturated carbocycles. The summed E-state index contributed by atoms with van der Waals surface area (Å²) >= 11 is 0.990. The van der Waals surface area contributed by atoms with E-state index in [1.54, 1.807) is 6.20 Å². The van der Waals surface area contributed by atoms with Gasteiger partial charge in [-0.15, -0.1) is 0 Å².